The van der Waals surface area contributed by atoms with Crippen molar-refractivity contribution in [2.45, 2.75) is 6.04 Å². The highest BCUT2D eigenvalue weighted by atomic mass is 32.1. The highest BCUT2D eigenvalue weighted by molar-refractivity contribution is 7.12. The van der Waals surface area contributed by atoms with Crippen molar-refractivity contribution < 1.29 is 9.59 Å². The minimum atomic E-state index is -0.123. The van der Waals surface area contributed by atoms with Gasteiger partial charge in [-0.2, -0.15) is 0 Å². The van der Waals surface area contributed by atoms with Crippen LogP contribution in [0.5, 0.6) is 0 Å². The van der Waals surface area contributed by atoms with Gasteiger partial charge in [0, 0.05) is 46.1 Å². The van der Waals surface area contributed by atoms with Crippen molar-refractivity contribution >= 4 is 23.2 Å². The van der Waals surface area contributed by atoms with Crippen LogP contribution in [0.15, 0.2) is 29.9 Å². The third-order valence-corrected chi connectivity index (χ3v) is 5.03. The molecule has 0 aliphatic carbocycles. The average Bonchev–Trinajstić information content (AvgIpc) is 3.25. The molecule has 3 heterocycles. The third kappa shape index (κ3) is 3.34. The SMILES string of the molecule is CN(CC(=O)N1CCNCC1c1nccn1C)C(=O)c1cccs1. The first-order valence-corrected chi connectivity index (χ1v) is 8.72. The fourth-order valence-electron chi connectivity index (χ4n) is 2.89. The van der Waals surface area contributed by atoms with Gasteiger partial charge in [-0.25, -0.2) is 4.98 Å². The predicted molar refractivity (Wildman–Crippen MR) is 91.8 cm³/mol. The van der Waals surface area contributed by atoms with Gasteiger partial charge in [-0.05, 0) is 11.4 Å². The van der Waals surface area contributed by atoms with E-state index in [0.29, 0.717) is 18.0 Å². The Balaban J connectivity index is 1.70. The number of amides is 2. The Kier molecular flexibility index (Phi) is 4.96. The van der Waals surface area contributed by atoms with E-state index in [0.717, 1.165) is 12.4 Å². The molecule has 1 atom stereocenters. The summed E-state index contributed by atoms with van der Waals surface area (Å²) in [5.74, 6) is 0.668. The van der Waals surface area contributed by atoms with E-state index in [9.17, 15) is 9.59 Å². The zero-order chi connectivity index (χ0) is 17.1. The second-order valence-corrected chi connectivity index (χ2v) is 6.79. The largest absolute Gasteiger partial charge is 0.336 e. The number of carbonyl (C=O) groups is 2. The summed E-state index contributed by atoms with van der Waals surface area (Å²) in [6.45, 7) is 2.09. The molecule has 2 amide bonds. The van der Waals surface area contributed by atoms with Gasteiger partial charge in [0.05, 0.1) is 11.4 Å². The molecule has 0 saturated carbocycles. The Morgan fingerprint density at radius 2 is 2.33 bits per heavy atom. The van der Waals surface area contributed by atoms with Crippen molar-refractivity contribution in [1.82, 2.24) is 24.7 Å². The normalized spacial score (nSPS) is 17.8. The zero-order valence-electron chi connectivity index (χ0n) is 13.8. The number of nitrogens with zero attached hydrogens (tertiary/aromatic N) is 4. The van der Waals surface area contributed by atoms with Gasteiger partial charge in [0.15, 0.2) is 0 Å². The Hall–Kier alpha value is -2.19. The first-order chi connectivity index (χ1) is 11.6. The van der Waals surface area contributed by atoms with Crippen LogP contribution in [0.4, 0.5) is 0 Å². The molecule has 0 radical (unpaired) electrons. The second kappa shape index (κ2) is 7.14. The van der Waals surface area contributed by atoms with Crippen LogP contribution in [-0.4, -0.2) is 64.4 Å². The molecule has 1 saturated heterocycles. The first kappa shape index (κ1) is 16.7. The Morgan fingerprint density at radius 1 is 1.50 bits per heavy atom. The van der Waals surface area contributed by atoms with Gasteiger partial charge in [-0.1, -0.05) is 6.07 Å². The standard InChI is InChI=1S/C16H21N5O2S/c1-19-7-6-18-15(19)12-10-17-5-8-21(12)14(22)11-20(2)16(23)13-4-3-9-24-13/h3-4,6-7,9,12,17H,5,8,10-11H2,1-2H3. The van der Waals surface area contributed by atoms with Crippen molar-refractivity contribution in [3.05, 3.63) is 40.6 Å². The molecule has 1 unspecified atom stereocenters. The molecule has 7 nitrogen and oxygen atoms in total. The number of rotatable bonds is 4. The lowest BCUT2D eigenvalue weighted by molar-refractivity contribution is -0.135. The molecule has 3 rings (SSSR count). The van der Waals surface area contributed by atoms with Crippen LogP contribution in [0.1, 0.15) is 21.5 Å². The minimum Gasteiger partial charge on any atom is -0.336 e. The summed E-state index contributed by atoms with van der Waals surface area (Å²) < 4.78 is 1.93. The molecule has 1 fully saturated rings. The van der Waals surface area contributed by atoms with Crippen LogP contribution in [-0.2, 0) is 11.8 Å². The number of likely N-dealkylation sites (N-methyl/N-ethyl adjacent to an activating group) is 1. The first-order valence-electron chi connectivity index (χ1n) is 7.84. The van der Waals surface area contributed by atoms with Crippen molar-refractivity contribution in [3.63, 3.8) is 0 Å². The second-order valence-electron chi connectivity index (χ2n) is 5.84. The Labute approximate surface area is 144 Å². The van der Waals surface area contributed by atoms with E-state index in [1.54, 1.807) is 19.3 Å². The number of hydrogen-bond donors (Lipinski definition) is 1. The summed E-state index contributed by atoms with van der Waals surface area (Å²) in [7, 11) is 3.59. The molecule has 1 N–H and O–H groups in total. The fraction of sp³-hybridized carbons (Fsp3) is 0.438. The van der Waals surface area contributed by atoms with E-state index in [1.807, 2.05) is 34.2 Å². The summed E-state index contributed by atoms with van der Waals surface area (Å²) in [5, 5.41) is 5.16. The highest BCUT2D eigenvalue weighted by Crippen LogP contribution is 2.21. The van der Waals surface area contributed by atoms with Gasteiger partial charge in [-0.3, -0.25) is 9.59 Å². The number of piperazine rings is 1. The summed E-state index contributed by atoms with van der Waals surface area (Å²) in [4.78, 5) is 33.4. The van der Waals surface area contributed by atoms with Crippen molar-refractivity contribution in [1.29, 1.82) is 0 Å². The molecule has 0 aromatic carbocycles. The number of nitrogens with one attached hydrogen (secondary N) is 1. The molecule has 1 aliphatic rings. The highest BCUT2D eigenvalue weighted by Gasteiger charge is 2.31. The maximum absolute atomic E-state index is 12.8. The molecule has 24 heavy (non-hydrogen) atoms. The molecular formula is C16H21N5O2S. The maximum Gasteiger partial charge on any atom is 0.264 e. The van der Waals surface area contributed by atoms with Gasteiger partial charge in [0.1, 0.15) is 11.9 Å². The lowest BCUT2D eigenvalue weighted by atomic mass is 10.1. The molecule has 0 bridgehead atoms. The number of aryl methyl sites for hydroxylation is 1. The van der Waals surface area contributed by atoms with Gasteiger partial charge in [0.25, 0.3) is 5.91 Å². The Bertz CT molecular complexity index is 712. The maximum atomic E-state index is 12.8. The number of imidazole rings is 1. The minimum absolute atomic E-state index is 0.0584. The monoisotopic (exact) mass is 347 g/mol. The molecular weight excluding hydrogens is 326 g/mol. The summed E-state index contributed by atoms with van der Waals surface area (Å²) in [5.41, 5.74) is 0. The number of carbonyl (C=O) groups excluding carboxylic acids is 2. The van der Waals surface area contributed by atoms with E-state index < -0.39 is 0 Å². The van der Waals surface area contributed by atoms with Crippen molar-refractivity contribution in [2.24, 2.45) is 7.05 Å². The third-order valence-electron chi connectivity index (χ3n) is 4.17. The predicted octanol–water partition coefficient (Wildman–Crippen LogP) is 0.727. The van der Waals surface area contributed by atoms with Gasteiger partial charge < -0.3 is 19.7 Å². The van der Waals surface area contributed by atoms with E-state index in [-0.39, 0.29) is 24.4 Å². The number of aromatic nitrogens is 2. The van der Waals surface area contributed by atoms with Crippen molar-refractivity contribution in [2.75, 3.05) is 33.2 Å². The lowest BCUT2D eigenvalue weighted by Gasteiger charge is -2.36. The smallest absolute Gasteiger partial charge is 0.264 e. The quantitative estimate of drug-likeness (QED) is 0.885. The molecule has 2 aromatic rings. The van der Waals surface area contributed by atoms with E-state index >= 15 is 0 Å². The summed E-state index contributed by atoms with van der Waals surface area (Å²) >= 11 is 1.38. The van der Waals surface area contributed by atoms with Crippen LogP contribution >= 0.6 is 11.3 Å². The topological polar surface area (TPSA) is 70.5 Å². The van der Waals surface area contributed by atoms with Crippen LogP contribution in [0.3, 0.4) is 0 Å². The zero-order valence-corrected chi connectivity index (χ0v) is 14.6. The Morgan fingerprint density at radius 3 is 3.00 bits per heavy atom. The van der Waals surface area contributed by atoms with Crippen molar-refractivity contribution in [3.8, 4) is 0 Å². The summed E-state index contributed by atoms with van der Waals surface area (Å²) in [6, 6.07) is 3.49. The van der Waals surface area contributed by atoms with E-state index in [1.165, 1.54) is 16.2 Å². The van der Waals surface area contributed by atoms with Gasteiger partial charge >= 0.3 is 0 Å². The van der Waals surface area contributed by atoms with Gasteiger partial charge in [-0.15, -0.1) is 11.3 Å². The molecule has 2 aromatic heterocycles. The fourth-order valence-corrected chi connectivity index (χ4v) is 3.60. The van der Waals surface area contributed by atoms with Crippen LogP contribution < -0.4 is 5.32 Å². The summed E-state index contributed by atoms with van der Waals surface area (Å²) in [6.07, 6.45) is 3.61. The van der Waals surface area contributed by atoms with Crippen LogP contribution in [0.25, 0.3) is 0 Å². The van der Waals surface area contributed by atoms with Gasteiger partial charge in [0.2, 0.25) is 5.91 Å². The molecule has 0 spiro atoms. The number of hydrogen-bond acceptors (Lipinski definition) is 5. The lowest BCUT2D eigenvalue weighted by Crippen LogP contribution is -2.52. The van der Waals surface area contributed by atoms with E-state index in [2.05, 4.69) is 10.3 Å². The molecule has 128 valence electrons. The van der Waals surface area contributed by atoms with E-state index in [4.69, 9.17) is 0 Å². The average molecular weight is 347 g/mol. The molecule has 1 aliphatic heterocycles. The van der Waals surface area contributed by atoms with Crippen LogP contribution in [0, 0.1) is 0 Å². The molecule has 8 heteroatoms. The number of thiophene rings is 1. The van der Waals surface area contributed by atoms with Crippen LogP contribution in [0.2, 0.25) is 0 Å².